The number of rotatable bonds is 0. The molecule has 0 saturated carbocycles. The summed E-state index contributed by atoms with van der Waals surface area (Å²) in [6.07, 6.45) is 0. The van der Waals surface area contributed by atoms with Gasteiger partial charge in [-0.1, -0.05) is 0 Å². The highest BCUT2D eigenvalue weighted by atomic mass is 31.2. The Morgan fingerprint density at radius 1 is 0.263 bits per heavy atom. The van der Waals surface area contributed by atoms with Crippen LogP contribution < -0.4 is 0 Å². The molecule has 12 N–H and O–H groups in total. The van der Waals surface area contributed by atoms with E-state index in [1.54, 1.807) is 0 Å². The molecular weight excluding hydrogens is 400 g/mol. The summed E-state index contributed by atoms with van der Waals surface area (Å²) in [5.74, 6) is 0. The fourth-order valence-electron chi connectivity index (χ4n) is 0. The van der Waals surface area contributed by atoms with Crippen molar-refractivity contribution in [2.24, 2.45) is 0 Å². The van der Waals surface area contributed by atoms with E-state index in [-0.39, 0.29) is 32.9 Å². The Balaban J connectivity index is -0.0000000192. The average molecular weight is 424 g/mol. The van der Waals surface area contributed by atoms with Gasteiger partial charge in [-0.05, 0) is 32.9 Å². The molecule has 0 bridgehead atoms. The Bertz CT molecular complexity index is 68.0. The minimum atomic E-state index is -2.62. The molecule has 0 aliphatic carbocycles. The summed E-state index contributed by atoms with van der Waals surface area (Å²) in [7, 11) is -10.5. The maximum atomic E-state index is 7.23. The van der Waals surface area contributed by atoms with Gasteiger partial charge >= 0.3 is 34.4 Å². The van der Waals surface area contributed by atoms with Gasteiger partial charge in [0.25, 0.3) is 0 Å². The first-order valence-electron chi connectivity index (χ1n) is 2.40. The molecule has 0 aliphatic heterocycles. The Morgan fingerprint density at radius 2 is 0.263 bits per heavy atom. The van der Waals surface area contributed by atoms with Crippen molar-refractivity contribution in [3.05, 3.63) is 0 Å². The predicted molar refractivity (Wildman–Crippen MR) is 88.3 cm³/mol. The zero-order valence-corrected chi connectivity index (χ0v) is 10.7. The van der Waals surface area contributed by atoms with Crippen molar-refractivity contribution >= 4 is 67.3 Å². The van der Waals surface area contributed by atoms with Gasteiger partial charge in [0.2, 0.25) is 0 Å². The van der Waals surface area contributed by atoms with Gasteiger partial charge in [0, 0.05) is 0 Å². The van der Waals surface area contributed by atoms with E-state index in [9.17, 15) is 0 Å². The SMILES string of the molecule is OP(O)O.OP(O)O.OP(O)O.OP(O)O.[SiH4].[SiH4].[SiH4]. The zero-order chi connectivity index (χ0) is 14.3. The maximum absolute atomic E-state index is 7.23. The van der Waals surface area contributed by atoms with Gasteiger partial charge in [0.15, 0.2) is 0 Å². The fourth-order valence-corrected chi connectivity index (χ4v) is 0. The first kappa shape index (κ1) is 42.8. The van der Waals surface area contributed by atoms with Gasteiger partial charge in [-0.15, -0.1) is 0 Å². The van der Waals surface area contributed by atoms with E-state index >= 15 is 0 Å². The van der Waals surface area contributed by atoms with E-state index in [1.165, 1.54) is 0 Å². The van der Waals surface area contributed by atoms with Crippen LogP contribution in [-0.2, 0) is 0 Å². The molecule has 0 saturated heterocycles. The van der Waals surface area contributed by atoms with Gasteiger partial charge in [0.05, 0.1) is 0 Å². The fraction of sp³-hybridized carbons (Fsp3) is 0. The molecule has 0 radical (unpaired) electrons. The molecule has 0 fully saturated rings. The smallest absolute Gasteiger partial charge is 0.324 e. The minimum Gasteiger partial charge on any atom is -0.328 e. The van der Waals surface area contributed by atoms with E-state index < -0.39 is 34.4 Å². The lowest BCUT2D eigenvalue weighted by Gasteiger charge is -1.76. The Morgan fingerprint density at radius 3 is 0.263 bits per heavy atom. The van der Waals surface area contributed by atoms with Crippen molar-refractivity contribution < 1.29 is 58.7 Å². The van der Waals surface area contributed by atoms with Crippen LogP contribution in [0.1, 0.15) is 0 Å². The van der Waals surface area contributed by atoms with Crippen LogP contribution >= 0.6 is 34.4 Å². The number of hydrogen-bond acceptors (Lipinski definition) is 12. The summed E-state index contributed by atoms with van der Waals surface area (Å²) < 4.78 is 0. The summed E-state index contributed by atoms with van der Waals surface area (Å²) >= 11 is 0. The van der Waals surface area contributed by atoms with Crippen molar-refractivity contribution in [3.63, 3.8) is 0 Å². The Kier molecular flexibility index (Phi) is 82.9. The van der Waals surface area contributed by atoms with Gasteiger partial charge < -0.3 is 58.7 Å². The first-order valence-corrected chi connectivity index (χ1v) is 7.20. The third kappa shape index (κ3) is 1780. The molecule has 19 heteroatoms. The highest BCUT2D eigenvalue weighted by molar-refractivity contribution is 7.38. The molecule has 0 amide bonds. The monoisotopic (exact) mass is 424 g/mol. The Labute approximate surface area is 126 Å². The van der Waals surface area contributed by atoms with E-state index in [4.69, 9.17) is 58.7 Å². The third-order valence-corrected chi connectivity index (χ3v) is 0. The molecule has 0 heterocycles. The van der Waals surface area contributed by atoms with Crippen LogP contribution in [0.25, 0.3) is 0 Å². The summed E-state index contributed by atoms with van der Waals surface area (Å²) in [6, 6.07) is 0. The topological polar surface area (TPSA) is 243 Å². The second kappa shape index (κ2) is 36.8. The molecule has 0 aliphatic rings. The van der Waals surface area contributed by atoms with Crippen LogP contribution in [0.5, 0.6) is 0 Å². The summed E-state index contributed by atoms with van der Waals surface area (Å²) in [4.78, 5) is 86.8. The Hall–Kier alpha value is 1.89. The van der Waals surface area contributed by atoms with Crippen LogP contribution in [0, 0.1) is 0 Å². The maximum Gasteiger partial charge on any atom is 0.324 e. The standard InChI is InChI=1S/4H3O3P.3H4Si/c4*1-4(2)3;;;/h4*1-3H;3*1H4. The predicted octanol–water partition coefficient (Wildman–Crippen LogP) is -7.59. The molecular formula is H24O12P4Si3. The third-order valence-electron chi connectivity index (χ3n) is 0. The van der Waals surface area contributed by atoms with E-state index in [1.807, 2.05) is 0 Å². The lowest BCUT2D eigenvalue weighted by Crippen LogP contribution is -1.54. The van der Waals surface area contributed by atoms with Crippen molar-refractivity contribution in [3.8, 4) is 0 Å². The largest absolute Gasteiger partial charge is 0.328 e. The first-order chi connectivity index (χ1) is 6.93. The van der Waals surface area contributed by atoms with Crippen LogP contribution in [0.3, 0.4) is 0 Å². The molecule has 0 aromatic rings. The van der Waals surface area contributed by atoms with Crippen molar-refractivity contribution in [2.75, 3.05) is 0 Å². The average Bonchev–Trinajstić information content (AvgIpc) is 1.76. The quantitative estimate of drug-likeness (QED) is 0.128. The molecule has 128 valence electrons. The van der Waals surface area contributed by atoms with Gasteiger partial charge in [-0.2, -0.15) is 0 Å². The molecule has 0 rings (SSSR count). The van der Waals surface area contributed by atoms with Crippen LogP contribution in [0.15, 0.2) is 0 Å². The van der Waals surface area contributed by atoms with E-state index in [2.05, 4.69) is 0 Å². The lowest BCUT2D eigenvalue weighted by molar-refractivity contribution is 0.366. The highest BCUT2D eigenvalue weighted by Crippen LogP contribution is 2.12. The van der Waals surface area contributed by atoms with Crippen LogP contribution in [0.2, 0.25) is 0 Å². The van der Waals surface area contributed by atoms with Crippen molar-refractivity contribution in [2.45, 2.75) is 0 Å². The summed E-state index contributed by atoms with van der Waals surface area (Å²) in [5.41, 5.74) is 0. The molecule has 12 nitrogen and oxygen atoms in total. The molecule has 0 unspecified atom stereocenters. The molecule has 19 heavy (non-hydrogen) atoms. The minimum absolute atomic E-state index is 0. The molecule has 0 aromatic carbocycles. The van der Waals surface area contributed by atoms with E-state index in [0.29, 0.717) is 0 Å². The zero-order valence-electron chi connectivity index (χ0n) is 7.16. The van der Waals surface area contributed by atoms with Crippen LogP contribution in [0.4, 0.5) is 0 Å². The highest BCUT2D eigenvalue weighted by Gasteiger charge is 1.77. The lowest BCUT2D eigenvalue weighted by atomic mass is 15.8. The van der Waals surface area contributed by atoms with Gasteiger partial charge in [-0.25, -0.2) is 0 Å². The normalized spacial score (nSPS) is 7.58. The van der Waals surface area contributed by atoms with Gasteiger partial charge in [-0.3, -0.25) is 0 Å². The van der Waals surface area contributed by atoms with Gasteiger partial charge in [0.1, 0.15) is 0 Å². The molecule has 0 aromatic heterocycles. The second-order valence-corrected chi connectivity index (χ2v) is 3.22. The number of hydrogen-bond donors (Lipinski definition) is 12. The summed E-state index contributed by atoms with van der Waals surface area (Å²) in [6.45, 7) is 0. The molecule has 0 spiro atoms. The van der Waals surface area contributed by atoms with Crippen molar-refractivity contribution in [1.82, 2.24) is 0 Å². The van der Waals surface area contributed by atoms with Crippen LogP contribution in [-0.4, -0.2) is 91.6 Å². The summed E-state index contributed by atoms with van der Waals surface area (Å²) in [5, 5.41) is 0. The van der Waals surface area contributed by atoms with Crippen molar-refractivity contribution in [1.29, 1.82) is 0 Å². The van der Waals surface area contributed by atoms with E-state index in [0.717, 1.165) is 0 Å². The second-order valence-electron chi connectivity index (χ2n) is 1.07. The molecule has 0 atom stereocenters.